The lowest BCUT2D eigenvalue weighted by Gasteiger charge is -2.08. The molecule has 1 unspecified atom stereocenters. The van der Waals surface area contributed by atoms with E-state index in [0.29, 0.717) is 0 Å². The van der Waals surface area contributed by atoms with Crippen LogP contribution in [0.5, 0.6) is 0 Å². The number of halogens is 2. The van der Waals surface area contributed by atoms with Crippen molar-refractivity contribution in [2.75, 3.05) is 10.5 Å². The summed E-state index contributed by atoms with van der Waals surface area (Å²) in [5.74, 6) is -1.38. The van der Waals surface area contributed by atoms with Crippen molar-refractivity contribution in [2.45, 2.75) is 12.3 Å². The molecule has 1 aromatic carbocycles. The largest absolute Gasteiger partial charge is 0.306 e. The Labute approximate surface area is 108 Å². The van der Waals surface area contributed by atoms with Crippen LogP contribution in [-0.4, -0.2) is 24.5 Å². The Morgan fingerprint density at radius 3 is 2.67 bits per heavy atom. The summed E-state index contributed by atoms with van der Waals surface area (Å²) in [6, 6.07) is 2.73. The molecule has 0 aliphatic rings. The summed E-state index contributed by atoms with van der Waals surface area (Å²) in [4.78, 5) is 9.55. The topological polar surface area (TPSA) is 89.3 Å². The van der Waals surface area contributed by atoms with Gasteiger partial charge in [0, 0.05) is 11.4 Å². The van der Waals surface area contributed by atoms with Crippen molar-refractivity contribution in [1.82, 2.24) is 0 Å². The summed E-state index contributed by atoms with van der Waals surface area (Å²) in [5, 5.41) is 9.87. The molecule has 1 rings (SSSR count). The van der Waals surface area contributed by atoms with E-state index in [0.717, 1.165) is 18.2 Å². The Morgan fingerprint density at radius 2 is 2.17 bits per heavy atom. The van der Waals surface area contributed by atoms with Gasteiger partial charge in [0.2, 0.25) is 15.8 Å². The number of benzene rings is 1. The summed E-state index contributed by atoms with van der Waals surface area (Å²) in [6.45, 7) is 1.49. The lowest BCUT2D eigenvalue weighted by atomic mass is 10.3. The monoisotopic (exact) mass is 296 g/mol. The molecule has 0 heterocycles. The molecule has 6 nitrogen and oxygen atoms in total. The van der Waals surface area contributed by atoms with Crippen LogP contribution < -0.4 is 4.72 Å². The Morgan fingerprint density at radius 1 is 1.56 bits per heavy atom. The Balaban J connectivity index is 2.99. The molecule has 0 amide bonds. The molecule has 0 aliphatic carbocycles. The fourth-order valence-electron chi connectivity index (χ4n) is 1.24. The van der Waals surface area contributed by atoms with Gasteiger partial charge in [0.1, 0.15) is 0 Å². The number of nitrogens with zero attached hydrogens (tertiary/aromatic N) is 1. The fraction of sp³-hybridized carbons (Fsp3) is 0.333. The summed E-state index contributed by atoms with van der Waals surface area (Å²) in [5.41, 5.74) is -0.880. The van der Waals surface area contributed by atoms with Gasteiger partial charge in [-0.2, -0.15) is 4.39 Å². The van der Waals surface area contributed by atoms with Gasteiger partial charge in [-0.1, -0.05) is 0 Å². The molecular formula is C9H10ClFN2O4S. The number of anilines is 1. The van der Waals surface area contributed by atoms with E-state index >= 15 is 0 Å². The van der Waals surface area contributed by atoms with Crippen LogP contribution in [0, 0.1) is 15.9 Å². The Bertz CT molecular complexity index is 562. The van der Waals surface area contributed by atoms with Gasteiger partial charge in [0.15, 0.2) is 0 Å². The van der Waals surface area contributed by atoms with E-state index in [4.69, 9.17) is 11.6 Å². The van der Waals surface area contributed by atoms with Crippen molar-refractivity contribution in [3.05, 3.63) is 34.1 Å². The number of sulfonamides is 1. The standard InChI is InChI=1S/C9H10ClFN2O4S/c1-6(10)5-18(16,17)12-7-2-3-8(11)9(4-7)13(14)15/h2-4,6,12H,5H2,1H3. The maximum absolute atomic E-state index is 13.0. The molecule has 0 aliphatic heterocycles. The SMILES string of the molecule is CC(Cl)CS(=O)(=O)Nc1ccc(F)c([N+](=O)[O-])c1. The molecule has 100 valence electrons. The summed E-state index contributed by atoms with van der Waals surface area (Å²) >= 11 is 5.55. The van der Waals surface area contributed by atoms with Crippen LogP contribution in [0.3, 0.4) is 0 Å². The van der Waals surface area contributed by atoms with Crippen LogP contribution in [0.15, 0.2) is 18.2 Å². The Kier molecular flexibility index (Phi) is 4.47. The fourth-order valence-corrected chi connectivity index (χ4v) is 2.91. The van der Waals surface area contributed by atoms with E-state index in [1.54, 1.807) is 0 Å². The molecule has 0 saturated carbocycles. The smallest absolute Gasteiger partial charge is 0.283 e. The third-order valence-electron chi connectivity index (χ3n) is 1.87. The van der Waals surface area contributed by atoms with Gasteiger partial charge in [0.05, 0.1) is 16.4 Å². The average Bonchev–Trinajstić information content (AvgIpc) is 2.18. The normalized spacial score (nSPS) is 13.1. The van der Waals surface area contributed by atoms with Crippen molar-refractivity contribution in [2.24, 2.45) is 0 Å². The highest BCUT2D eigenvalue weighted by Gasteiger charge is 2.18. The van der Waals surface area contributed by atoms with Crippen LogP contribution in [0.25, 0.3) is 0 Å². The maximum atomic E-state index is 13.0. The van der Waals surface area contributed by atoms with Gasteiger partial charge < -0.3 is 0 Å². The minimum Gasteiger partial charge on any atom is -0.283 e. The second kappa shape index (κ2) is 5.49. The maximum Gasteiger partial charge on any atom is 0.306 e. The zero-order valence-corrected chi connectivity index (χ0v) is 10.8. The molecule has 1 N–H and O–H groups in total. The molecule has 0 aromatic heterocycles. The minimum atomic E-state index is -3.72. The molecule has 18 heavy (non-hydrogen) atoms. The first-order valence-electron chi connectivity index (χ1n) is 4.80. The molecule has 1 atom stereocenters. The van der Waals surface area contributed by atoms with Crippen molar-refractivity contribution < 1.29 is 17.7 Å². The summed E-state index contributed by atoms with van der Waals surface area (Å²) in [7, 11) is -3.72. The van der Waals surface area contributed by atoms with Crippen molar-refractivity contribution in [1.29, 1.82) is 0 Å². The number of nitro benzene ring substituents is 1. The lowest BCUT2D eigenvalue weighted by molar-refractivity contribution is -0.387. The summed E-state index contributed by atoms with van der Waals surface area (Å²) in [6.07, 6.45) is 0. The first-order valence-corrected chi connectivity index (χ1v) is 6.88. The quantitative estimate of drug-likeness (QED) is 0.512. The van der Waals surface area contributed by atoms with Crippen LogP contribution in [0.4, 0.5) is 15.8 Å². The van der Waals surface area contributed by atoms with Crippen LogP contribution >= 0.6 is 11.6 Å². The highest BCUT2D eigenvalue weighted by atomic mass is 35.5. The number of hydrogen-bond donors (Lipinski definition) is 1. The van der Waals surface area contributed by atoms with Crippen molar-refractivity contribution in [3.63, 3.8) is 0 Å². The predicted octanol–water partition coefficient (Wildman–Crippen LogP) is 2.10. The van der Waals surface area contributed by atoms with E-state index in [2.05, 4.69) is 4.72 Å². The van der Waals surface area contributed by atoms with Crippen LogP contribution in [0.2, 0.25) is 0 Å². The lowest BCUT2D eigenvalue weighted by Crippen LogP contribution is -2.21. The number of nitro groups is 1. The van der Waals surface area contributed by atoms with Gasteiger partial charge in [-0.25, -0.2) is 8.42 Å². The van der Waals surface area contributed by atoms with Gasteiger partial charge in [-0.3, -0.25) is 14.8 Å². The second-order valence-corrected chi connectivity index (χ2v) is 6.10. The third kappa shape index (κ3) is 4.11. The third-order valence-corrected chi connectivity index (χ3v) is 3.69. The molecule has 0 fully saturated rings. The molecule has 9 heteroatoms. The van der Waals surface area contributed by atoms with E-state index in [1.807, 2.05) is 0 Å². The molecule has 0 radical (unpaired) electrons. The minimum absolute atomic E-state index is 0.0829. The van der Waals surface area contributed by atoms with E-state index in [1.165, 1.54) is 6.92 Å². The average molecular weight is 297 g/mol. The highest BCUT2D eigenvalue weighted by Crippen LogP contribution is 2.22. The van der Waals surface area contributed by atoms with Gasteiger partial charge in [0.25, 0.3) is 0 Å². The number of alkyl halides is 1. The van der Waals surface area contributed by atoms with Gasteiger partial charge in [-0.15, -0.1) is 11.6 Å². The molecule has 0 spiro atoms. The van der Waals surface area contributed by atoms with E-state index in [-0.39, 0.29) is 11.4 Å². The molecule has 0 saturated heterocycles. The molecular weight excluding hydrogens is 287 g/mol. The van der Waals surface area contributed by atoms with Crippen LogP contribution in [-0.2, 0) is 10.0 Å². The van der Waals surface area contributed by atoms with Crippen LogP contribution in [0.1, 0.15) is 6.92 Å². The van der Waals surface area contributed by atoms with Gasteiger partial charge >= 0.3 is 5.69 Å². The number of hydrogen-bond acceptors (Lipinski definition) is 4. The summed E-state index contributed by atoms with van der Waals surface area (Å²) < 4.78 is 38.1. The highest BCUT2D eigenvalue weighted by molar-refractivity contribution is 7.92. The predicted molar refractivity (Wildman–Crippen MR) is 65.8 cm³/mol. The first-order chi connectivity index (χ1) is 8.21. The van der Waals surface area contributed by atoms with Gasteiger partial charge in [-0.05, 0) is 19.1 Å². The number of rotatable bonds is 5. The Hall–Kier alpha value is -1.41. The van der Waals surface area contributed by atoms with E-state index in [9.17, 15) is 22.9 Å². The zero-order valence-electron chi connectivity index (χ0n) is 9.26. The van der Waals surface area contributed by atoms with Crippen molar-refractivity contribution >= 4 is 33.0 Å². The second-order valence-electron chi connectivity index (χ2n) is 3.59. The molecule has 1 aromatic rings. The van der Waals surface area contributed by atoms with Crippen molar-refractivity contribution in [3.8, 4) is 0 Å². The van der Waals surface area contributed by atoms with E-state index < -0.39 is 31.8 Å². The molecule has 0 bridgehead atoms. The number of nitrogens with one attached hydrogen (secondary N) is 1. The first kappa shape index (κ1) is 14.7. The zero-order chi connectivity index (χ0) is 13.9.